The maximum absolute atomic E-state index is 11.8. The Morgan fingerprint density at radius 3 is 2.71 bits per heavy atom. The zero-order valence-corrected chi connectivity index (χ0v) is 11.5. The molecule has 0 bridgehead atoms. The highest BCUT2D eigenvalue weighted by molar-refractivity contribution is 5.77. The van der Waals surface area contributed by atoms with Crippen molar-refractivity contribution in [3.63, 3.8) is 0 Å². The lowest BCUT2D eigenvalue weighted by molar-refractivity contribution is -0.140. The van der Waals surface area contributed by atoms with Crippen LogP contribution in [0.2, 0.25) is 0 Å². The van der Waals surface area contributed by atoms with Crippen LogP contribution in [0, 0.1) is 5.92 Å². The van der Waals surface area contributed by atoms with E-state index >= 15 is 0 Å². The quantitative estimate of drug-likeness (QED) is 0.754. The number of hydrogen-bond donors (Lipinski definition) is 0. The molecule has 0 saturated carbocycles. The van der Waals surface area contributed by atoms with Crippen LogP contribution in [0.5, 0.6) is 0 Å². The summed E-state index contributed by atoms with van der Waals surface area (Å²) in [4.78, 5) is 13.6. The topological polar surface area (TPSA) is 38.8 Å². The van der Waals surface area contributed by atoms with Gasteiger partial charge in [0.25, 0.3) is 0 Å². The summed E-state index contributed by atoms with van der Waals surface area (Å²) in [5, 5.41) is 0. The molecule has 1 aliphatic rings. The first kappa shape index (κ1) is 14.5. The zero-order chi connectivity index (χ0) is 12.9. The van der Waals surface area contributed by atoms with Gasteiger partial charge < -0.3 is 14.4 Å². The first-order valence-electron chi connectivity index (χ1n) is 6.34. The van der Waals surface area contributed by atoms with Crippen molar-refractivity contribution >= 4 is 5.91 Å². The molecular weight excluding hydrogens is 218 g/mol. The number of ether oxygens (including phenoxy) is 2. The molecule has 1 aliphatic heterocycles. The molecule has 100 valence electrons. The van der Waals surface area contributed by atoms with E-state index in [1.165, 1.54) is 0 Å². The average molecular weight is 243 g/mol. The van der Waals surface area contributed by atoms with Crippen LogP contribution >= 0.6 is 0 Å². The number of carbonyl (C=O) groups excluding carboxylic acids is 1. The SMILES string of the molecule is CN(CC1CCCOC1)C(=O)COC(C)(C)C. The zero-order valence-electron chi connectivity index (χ0n) is 11.5. The lowest BCUT2D eigenvalue weighted by Crippen LogP contribution is -2.38. The fourth-order valence-electron chi connectivity index (χ4n) is 1.83. The molecule has 0 aromatic heterocycles. The van der Waals surface area contributed by atoms with E-state index in [4.69, 9.17) is 9.47 Å². The number of hydrogen-bond acceptors (Lipinski definition) is 3. The molecule has 1 rings (SSSR count). The molecule has 1 fully saturated rings. The lowest BCUT2D eigenvalue weighted by Gasteiger charge is -2.28. The van der Waals surface area contributed by atoms with Crippen LogP contribution in [0.15, 0.2) is 0 Å². The van der Waals surface area contributed by atoms with Gasteiger partial charge in [0.15, 0.2) is 0 Å². The molecule has 1 heterocycles. The highest BCUT2D eigenvalue weighted by Crippen LogP contribution is 2.14. The Bertz CT molecular complexity index is 242. The van der Waals surface area contributed by atoms with E-state index in [0.717, 1.165) is 32.6 Å². The fraction of sp³-hybridized carbons (Fsp3) is 0.923. The highest BCUT2D eigenvalue weighted by atomic mass is 16.5. The molecule has 1 atom stereocenters. The summed E-state index contributed by atoms with van der Waals surface area (Å²) < 4.78 is 10.9. The Balaban J connectivity index is 2.26. The van der Waals surface area contributed by atoms with Gasteiger partial charge in [-0.1, -0.05) is 0 Å². The maximum atomic E-state index is 11.8. The van der Waals surface area contributed by atoms with Gasteiger partial charge in [-0.05, 0) is 39.5 Å². The van der Waals surface area contributed by atoms with E-state index in [1.54, 1.807) is 4.90 Å². The number of carbonyl (C=O) groups is 1. The molecule has 17 heavy (non-hydrogen) atoms. The minimum Gasteiger partial charge on any atom is -0.381 e. The summed E-state index contributed by atoms with van der Waals surface area (Å²) >= 11 is 0. The van der Waals surface area contributed by atoms with E-state index in [0.29, 0.717) is 5.92 Å². The standard InChI is InChI=1S/C13H25NO3/c1-13(2,3)17-10-12(15)14(4)8-11-6-5-7-16-9-11/h11H,5-10H2,1-4H3. The van der Waals surface area contributed by atoms with Crippen molar-refractivity contribution in [2.45, 2.75) is 39.2 Å². The first-order valence-corrected chi connectivity index (χ1v) is 6.34. The molecule has 0 spiro atoms. The summed E-state index contributed by atoms with van der Waals surface area (Å²) in [7, 11) is 1.84. The fourth-order valence-corrected chi connectivity index (χ4v) is 1.83. The van der Waals surface area contributed by atoms with Crippen molar-refractivity contribution in [3.8, 4) is 0 Å². The van der Waals surface area contributed by atoms with Gasteiger partial charge in [-0.25, -0.2) is 0 Å². The third-order valence-electron chi connectivity index (χ3n) is 2.84. The second-order valence-corrected chi connectivity index (χ2v) is 5.76. The van der Waals surface area contributed by atoms with Crippen LogP contribution < -0.4 is 0 Å². The molecule has 0 N–H and O–H groups in total. The minimum atomic E-state index is -0.259. The number of likely N-dealkylation sites (N-methyl/N-ethyl adjacent to an activating group) is 1. The predicted molar refractivity (Wildman–Crippen MR) is 66.9 cm³/mol. The maximum Gasteiger partial charge on any atom is 0.248 e. The highest BCUT2D eigenvalue weighted by Gasteiger charge is 2.20. The van der Waals surface area contributed by atoms with Crippen LogP contribution in [0.3, 0.4) is 0 Å². The van der Waals surface area contributed by atoms with E-state index in [9.17, 15) is 4.79 Å². The van der Waals surface area contributed by atoms with E-state index in [1.807, 2.05) is 27.8 Å². The van der Waals surface area contributed by atoms with Crippen molar-refractivity contribution in [2.24, 2.45) is 5.92 Å². The van der Waals surface area contributed by atoms with Gasteiger partial charge in [-0.2, -0.15) is 0 Å². The van der Waals surface area contributed by atoms with Crippen molar-refractivity contribution in [1.82, 2.24) is 4.90 Å². The summed E-state index contributed by atoms with van der Waals surface area (Å²) in [6, 6.07) is 0. The third-order valence-corrected chi connectivity index (χ3v) is 2.84. The number of rotatable bonds is 4. The van der Waals surface area contributed by atoms with Gasteiger partial charge in [0, 0.05) is 20.2 Å². The molecule has 4 heteroatoms. The summed E-state index contributed by atoms with van der Waals surface area (Å²) in [6.45, 7) is 8.43. The molecule has 0 aliphatic carbocycles. The Morgan fingerprint density at radius 1 is 1.47 bits per heavy atom. The van der Waals surface area contributed by atoms with Crippen molar-refractivity contribution < 1.29 is 14.3 Å². The number of nitrogens with zero attached hydrogens (tertiary/aromatic N) is 1. The molecule has 0 aromatic rings. The van der Waals surface area contributed by atoms with E-state index in [2.05, 4.69) is 0 Å². The van der Waals surface area contributed by atoms with Crippen molar-refractivity contribution in [1.29, 1.82) is 0 Å². The van der Waals surface area contributed by atoms with E-state index in [-0.39, 0.29) is 18.1 Å². The van der Waals surface area contributed by atoms with Gasteiger partial charge in [0.1, 0.15) is 6.61 Å². The molecule has 1 saturated heterocycles. The molecule has 4 nitrogen and oxygen atoms in total. The normalized spacial score (nSPS) is 21.3. The predicted octanol–water partition coefficient (Wildman–Crippen LogP) is 1.69. The Hall–Kier alpha value is -0.610. The van der Waals surface area contributed by atoms with Crippen LogP contribution in [0.4, 0.5) is 0 Å². The lowest BCUT2D eigenvalue weighted by atomic mass is 10.0. The smallest absolute Gasteiger partial charge is 0.248 e. The number of amides is 1. The van der Waals surface area contributed by atoms with Gasteiger partial charge in [0.05, 0.1) is 12.2 Å². The Morgan fingerprint density at radius 2 is 2.18 bits per heavy atom. The third kappa shape index (κ3) is 6.03. The molecule has 0 aromatic carbocycles. The van der Waals surface area contributed by atoms with E-state index < -0.39 is 0 Å². The average Bonchev–Trinajstić information content (AvgIpc) is 2.26. The van der Waals surface area contributed by atoms with Gasteiger partial charge in [0.2, 0.25) is 5.91 Å². The largest absolute Gasteiger partial charge is 0.381 e. The first-order chi connectivity index (χ1) is 7.88. The van der Waals surface area contributed by atoms with Crippen LogP contribution in [-0.4, -0.2) is 49.8 Å². The minimum absolute atomic E-state index is 0.0468. The molecule has 1 unspecified atom stereocenters. The second-order valence-electron chi connectivity index (χ2n) is 5.76. The van der Waals surface area contributed by atoms with Crippen LogP contribution in [0.1, 0.15) is 33.6 Å². The van der Waals surface area contributed by atoms with Gasteiger partial charge in [-0.15, -0.1) is 0 Å². The summed E-state index contributed by atoms with van der Waals surface area (Å²) in [5.74, 6) is 0.526. The van der Waals surface area contributed by atoms with Crippen molar-refractivity contribution in [2.75, 3.05) is 33.4 Å². The van der Waals surface area contributed by atoms with Crippen molar-refractivity contribution in [3.05, 3.63) is 0 Å². The summed E-state index contributed by atoms with van der Waals surface area (Å²) in [6.07, 6.45) is 2.25. The van der Waals surface area contributed by atoms with Crippen LogP contribution in [0.25, 0.3) is 0 Å². The Kier molecular flexibility index (Phi) is 5.40. The van der Waals surface area contributed by atoms with Crippen LogP contribution in [-0.2, 0) is 14.3 Å². The van der Waals surface area contributed by atoms with Gasteiger partial charge >= 0.3 is 0 Å². The van der Waals surface area contributed by atoms with Gasteiger partial charge in [-0.3, -0.25) is 4.79 Å². The summed E-state index contributed by atoms with van der Waals surface area (Å²) in [5.41, 5.74) is -0.259. The Labute approximate surface area is 104 Å². The monoisotopic (exact) mass is 243 g/mol. The molecule has 1 amide bonds. The molecular formula is C13H25NO3. The second kappa shape index (κ2) is 6.36. The molecule has 0 radical (unpaired) electrons.